The van der Waals surface area contributed by atoms with Crippen molar-refractivity contribution in [1.82, 2.24) is 14.9 Å². The van der Waals surface area contributed by atoms with Crippen LogP contribution in [-0.2, 0) is 18.4 Å². The molecule has 0 aromatic carbocycles. The smallest absolute Gasteiger partial charge is 0.114 e. The van der Waals surface area contributed by atoms with E-state index in [1.165, 1.54) is 49.3 Å². The molecule has 2 heterocycles. The fraction of sp³-hybridized carbons (Fsp3) is 0.833. The van der Waals surface area contributed by atoms with E-state index in [4.69, 9.17) is 4.98 Å². The number of fused-ring (bicyclic) bond motifs is 1. The first-order valence-corrected chi connectivity index (χ1v) is 8.79. The van der Waals surface area contributed by atoms with Gasteiger partial charge in [-0.1, -0.05) is 40.0 Å². The van der Waals surface area contributed by atoms with E-state index >= 15 is 0 Å². The number of hydrogen-bond donors (Lipinski definition) is 1. The van der Waals surface area contributed by atoms with Gasteiger partial charge in [-0.25, -0.2) is 4.98 Å². The van der Waals surface area contributed by atoms with Gasteiger partial charge in [-0.2, -0.15) is 0 Å². The largest absolute Gasteiger partial charge is 0.328 e. The zero-order valence-electron chi connectivity index (χ0n) is 14.2. The van der Waals surface area contributed by atoms with Gasteiger partial charge in [0.15, 0.2) is 0 Å². The second-order valence-electron chi connectivity index (χ2n) is 8.01. The monoisotopic (exact) mass is 289 g/mol. The summed E-state index contributed by atoms with van der Waals surface area (Å²) >= 11 is 0. The molecule has 0 radical (unpaired) electrons. The lowest BCUT2D eigenvalue weighted by molar-refractivity contribution is 0.250. The van der Waals surface area contributed by atoms with Gasteiger partial charge >= 0.3 is 0 Å². The van der Waals surface area contributed by atoms with Crippen LogP contribution in [0.1, 0.15) is 83.1 Å². The standard InChI is InChI=1S/C18H31N3/c1-13(14-8-6-5-7-9-14)21-16-10-11-19-12-15(16)20-17(21)18(2,3)4/h13-14,19H,5-12H2,1-4H3. The molecule has 1 aromatic rings. The molecule has 0 amide bonds. The van der Waals surface area contributed by atoms with Gasteiger partial charge in [0.25, 0.3) is 0 Å². The van der Waals surface area contributed by atoms with Crippen LogP contribution in [0.5, 0.6) is 0 Å². The lowest BCUT2D eigenvalue weighted by Crippen LogP contribution is -2.29. The average molecular weight is 289 g/mol. The number of nitrogens with zero attached hydrogens (tertiary/aromatic N) is 2. The van der Waals surface area contributed by atoms with Crippen LogP contribution in [-0.4, -0.2) is 16.1 Å². The Hall–Kier alpha value is -0.830. The molecule has 1 aliphatic carbocycles. The molecular weight excluding hydrogens is 258 g/mol. The summed E-state index contributed by atoms with van der Waals surface area (Å²) in [5, 5.41) is 3.48. The molecule has 2 aliphatic rings. The summed E-state index contributed by atoms with van der Waals surface area (Å²) in [5.41, 5.74) is 2.94. The fourth-order valence-corrected chi connectivity index (χ4v) is 4.13. The summed E-state index contributed by atoms with van der Waals surface area (Å²) < 4.78 is 2.63. The molecule has 3 rings (SSSR count). The minimum atomic E-state index is 0.125. The summed E-state index contributed by atoms with van der Waals surface area (Å²) in [6, 6.07) is 0.605. The quantitative estimate of drug-likeness (QED) is 0.893. The van der Waals surface area contributed by atoms with Crippen molar-refractivity contribution in [2.24, 2.45) is 5.92 Å². The van der Waals surface area contributed by atoms with Crippen LogP contribution in [0.4, 0.5) is 0 Å². The van der Waals surface area contributed by atoms with Crippen LogP contribution >= 0.6 is 0 Å². The van der Waals surface area contributed by atoms with E-state index in [2.05, 4.69) is 37.6 Å². The van der Waals surface area contributed by atoms with Crippen molar-refractivity contribution < 1.29 is 0 Å². The number of imidazole rings is 1. The Morgan fingerprint density at radius 3 is 2.57 bits per heavy atom. The predicted molar refractivity (Wildman–Crippen MR) is 87.6 cm³/mol. The molecule has 3 heteroatoms. The Morgan fingerprint density at radius 2 is 1.90 bits per heavy atom. The van der Waals surface area contributed by atoms with Gasteiger partial charge in [-0.3, -0.25) is 0 Å². The molecule has 1 aliphatic heterocycles. The molecule has 0 saturated heterocycles. The first-order valence-electron chi connectivity index (χ1n) is 8.79. The van der Waals surface area contributed by atoms with E-state index in [0.29, 0.717) is 6.04 Å². The SMILES string of the molecule is CC(C1CCCCC1)n1c(C(C)(C)C)nc2c1CCNC2. The van der Waals surface area contributed by atoms with Crippen LogP contribution < -0.4 is 5.32 Å². The zero-order valence-corrected chi connectivity index (χ0v) is 14.2. The van der Waals surface area contributed by atoms with Crippen LogP contribution in [0.3, 0.4) is 0 Å². The van der Waals surface area contributed by atoms with E-state index in [1.54, 1.807) is 0 Å². The van der Waals surface area contributed by atoms with Crippen LogP contribution in [0.2, 0.25) is 0 Å². The first kappa shape index (κ1) is 15.1. The molecule has 1 aromatic heterocycles. The number of aromatic nitrogens is 2. The second-order valence-corrected chi connectivity index (χ2v) is 8.01. The Balaban J connectivity index is 2.00. The first-order chi connectivity index (χ1) is 9.98. The van der Waals surface area contributed by atoms with Gasteiger partial charge in [0.05, 0.1) is 5.69 Å². The minimum Gasteiger partial charge on any atom is -0.328 e. The van der Waals surface area contributed by atoms with Crippen molar-refractivity contribution in [3.05, 3.63) is 17.2 Å². The Labute approximate surface area is 129 Å². The van der Waals surface area contributed by atoms with Crippen molar-refractivity contribution in [1.29, 1.82) is 0 Å². The molecule has 0 spiro atoms. The van der Waals surface area contributed by atoms with Crippen molar-refractivity contribution in [3.8, 4) is 0 Å². The Morgan fingerprint density at radius 1 is 1.19 bits per heavy atom. The van der Waals surface area contributed by atoms with Crippen LogP contribution in [0.25, 0.3) is 0 Å². The molecule has 21 heavy (non-hydrogen) atoms. The minimum absolute atomic E-state index is 0.125. The number of nitrogens with one attached hydrogen (secondary N) is 1. The van der Waals surface area contributed by atoms with Crippen LogP contribution in [0.15, 0.2) is 0 Å². The van der Waals surface area contributed by atoms with Gasteiger partial charge in [0.2, 0.25) is 0 Å². The highest BCUT2D eigenvalue weighted by Gasteiger charge is 2.32. The van der Waals surface area contributed by atoms with E-state index < -0.39 is 0 Å². The van der Waals surface area contributed by atoms with Crippen molar-refractivity contribution >= 4 is 0 Å². The maximum atomic E-state index is 5.04. The number of hydrogen-bond acceptors (Lipinski definition) is 2. The summed E-state index contributed by atoms with van der Waals surface area (Å²) in [4.78, 5) is 5.04. The Bertz CT molecular complexity index is 489. The number of rotatable bonds is 2. The molecule has 1 N–H and O–H groups in total. The topological polar surface area (TPSA) is 29.9 Å². The van der Waals surface area contributed by atoms with Crippen molar-refractivity contribution in [2.75, 3.05) is 6.54 Å². The van der Waals surface area contributed by atoms with E-state index in [9.17, 15) is 0 Å². The molecule has 1 saturated carbocycles. The van der Waals surface area contributed by atoms with Gasteiger partial charge < -0.3 is 9.88 Å². The normalized spacial score (nSPS) is 22.1. The van der Waals surface area contributed by atoms with E-state index in [-0.39, 0.29) is 5.41 Å². The lowest BCUT2D eigenvalue weighted by atomic mass is 9.83. The van der Waals surface area contributed by atoms with Crippen LogP contribution in [0, 0.1) is 5.92 Å². The maximum Gasteiger partial charge on any atom is 0.114 e. The third kappa shape index (κ3) is 2.90. The third-order valence-electron chi connectivity index (χ3n) is 5.33. The molecule has 0 bridgehead atoms. The molecule has 1 fully saturated rings. The molecule has 3 nitrogen and oxygen atoms in total. The van der Waals surface area contributed by atoms with Crippen molar-refractivity contribution in [3.63, 3.8) is 0 Å². The van der Waals surface area contributed by atoms with Gasteiger partial charge in [-0.05, 0) is 25.7 Å². The highest BCUT2D eigenvalue weighted by atomic mass is 15.2. The van der Waals surface area contributed by atoms with Gasteiger partial charge in [-0.15, -0.1) is 0 Å². The lowest BCUT2D eigenvalue weighted by Gasteiger charge is -2.33. The molecule has 1 unspecified atom stereocenters. The van der Waals surface area contributed by atoms with Crippen molar-refractivity contribution in [2.45, 2.75) is 84.2 Å². The third-order valence-corrected chi connectivity index (χ3v) is 5.33. The summed E-state index contributed by atoms with van der Waals surface area (Å²) in [6.07, 6.45) is 8.19. The second kappa shape index (κ2) is 5.75. The highest BCUT2D eigenvalue weighted by molar-refractivity contribution is 5.24. The molecule has 1 atom stereocenters. The fourth-order valence-electron chi connectivity index (χ4n) is 4.13. The molecular formula is C18H31N3. The summed E-state index contributed by atoms with van der Waals surface area (Å²) in [5.74, 6) is 2.14. The maximum absolute atomic E-state index is 5.04. The van der Waals surface area contributed by atoms with E-state index in [0.717, 1.165) is 25.4 Å². The van der Waals surface area contributed by atoms with Gasteiger partial charge in [0.1, 0.15) is 5.82 Å². The summed E-state index contributed by atoms with van der Waals surface area (Å²) in [6.45, 7) is 11.4. The Kier molecular flexibility index (Phi) is 4.13. The van der Waals surface area contributed by atoms with E-state index in [1.807, 2.05) is 0 Å². The zero-order chi connectivity index (χ0) is 15.0. The highest BCUT2D eigenvalue weighted by Crippen LogP contribution is 2.37. The summed E-state index contributed by atoms with van der Waals surface area (Å²) in [7, 11) is 0. The molecule has 118 valence electrons. The van der Waals surface area contributed by atoms with Gasteiger partial charge in [0, 0.05) is 36.7 Å². The average Bonchev–Trinajstić information content (AvgIpc) is 2.87. The predicted octanol–water partition coefficient (Wildman–Crippen LogP) is 3.97.